The smallest absolute Gasteiger partial charge is 0.168 e. The summed E-state index contributed by atoms with van der Waals surface area (Å²) in [5.74, 6) is 0. The van der Waals surface area contributed by atoms with E-state index >= 15 is 0 Å². The highest BCUT2D eigenvalue weighted by molar-refractivity contribution is 5.40. The standard InChI is InChI=1S/C3H8N2O/c1-5-3-6-2-4/h2,4-5H,3H2,1H3. The van der Waals surface area contributed by atoms with Crippen molar-refractivity contribution in [2.24, 2.45) is 0 Å². The van der Waals surface area contributed by atoms with E-state index in [-0.39, 0.29) is 0 Å². The fourth-order valence-corrected chi connectivity index (χ4v) is 0.125. The van der Waals surface area contributed by atoms with E-state index in [1.54, 1.807) is 7.05 Å². The van der Waals surface area contributed by atoms with Gasteiger partial charge < -0.3 is 4.74 Å². The Morgan fingerprint density at radius 3 is 2.83 bits per heavy atom. The van der Waals surface area contributed by atoms with Gasteiger partial charge in [0.25, 0.3) is 0 Å². The van der Waals surface area contributed by atoms with Crippen molar-refractivity contribution < 1.29 is 4.74 Å². The number of ether oxygens (including phenoxy) is 1. The van der Waals surface area contributed by atoms with Gasteiger partial charge in [-0.3, -0.25) is 10.7 Å². The van der Waals surface area contributed by atoms with E-state index in [1.807, 2.05) is 0 Å². The predicted molar refractivity (Wildman–Crippen MR) is 23.8 cm³/mol. The number of nitrogens with one attached hydrogen (secondary N) is 2. The molecule has 0 aromatic rings. The van der Waals surface area contributed by atoms with Crippen molar-refractivity contribution in [3.63, 3.8) is 0 Å². The molecule has 0 aliphatic rings. The highest BCUT2D eigenvalue weighted by Crippen LogP contribution is 1.52. The molecule has 0 aliphatic carbocycles. The molecule has 36 valence electrons. The summed E-state index contributed by atoms with van der Waals surface area (Å²) in [4.78, 5) is 0. The van der Waals surface area contributed by atoms with Crippen molar-refractivity contribution in [1.29, 1.82) is 5.41 Å². The van der Waals surface area contributed by atoms with Gasteiger partial charge in [0.15, 0.2) is 6.40 Å². The van der Waals surface area contributed by atoms with E-state index in [0.717, 1.165) is 6.40 Å². The van der Waals surface area contributed by atoms with E-state index in [0.29, 0.717) is 6.73 Å². The lowest BCUT2D eigenvalue weighted by molar-refractivity contribution is 0.295. The Morgan fingerprint density at radius 2 is 2.67 bits per heavy atom. The highest BCUT2D eigenvalue weighted by Gasteiger charge is 1.65. The van der Waals surface area contributed by atoms with Crippen molar-refractivity contribution in [1.82, 2.24) is 5.32 Å². The fraction of sp³-hybridized carbons (Fsp3) is 0.667. The van der Waals surface area contributed by atoms with Gasteiger partial charge in [-0.05, 0) is 7.05 Å². The lowest BCUT2D eigenvalue weighted by atomic mass is 11.1. The van der Waals surface area contributed by atoms with Gasteiger partial charge in [0, 0.05) is 0 Å². The van der Waals surface area contributed by atoms with Crippen LogP contribution in [0.3, 0.4) is 0 Å². The Kier molecular flexibility index (Phi) is 4.01. The Labute approximate surface area is 36.8 Å². The van der Waals surface area contributed by atoms with Gasteiger partial charge in [0.1, 0.15) is 6.73 Å². The molecule has 0 radical (unpaired) electrons. The van der Waals surface area contributed by atoms with Crippen LogP contribution in [0.2, 0.25) is 0 Å². The predicted octanol–water partition coefficient (Wildman–Crippen LogP) is -0.213. The Hall–Kier alpha value is -0.570. The zero-order valence-corrected chi connectivity index (χ0v) is 3.69. The summed E-state index contributed by atoms with van der Waals surface area (Å²) in [5, 5.41) is 9.01. The van der Waals surface area contributed by atoms with Crippen LogP contribution in [0.5, 0.6) is 0 Å². The molecule has 6 heavy (non-hydrogen) atoms. The molecule has 0 saturated heterocycles. The Bertz CT molecular complexity index is 37.8. The topological polar surface area (TPSA) is 45.1 Å². The van der Waals surface area contributed by atoms with Crippen molar-refractivity contribution >= 4 is 6.40 Å². The summed E-state index contributed by atoms with van der Waals surface area (Å²) in [7, 11) is 1.75. The quantitative estimate of drug-likeness (QED) is 0.217. The lowest BCUT2D eigenvalue weighted by Gasteiger charge is -1.91. The van der Waals surface area contributed by atoms with E-state index in [2.05, 4.69) is 10.1 Å². The molecule has 0 atom stereocenters. The first-order valence-electron chi connectivity index (χ1n) is 1.67. The molecule has 0 unspecified atom stereocenters. The monoisotopic (exact) mass is 88.1 g/mol. The zero-order valence-electron chi connectivity index (χ0n) is 3.69. The molecule has 0 heterocycles. The van der Waals surface area contributed by atoms with Gasteiger partial charge in [0.05, 0.1) is 0 Å². The number of hydrogen-bond acceptors (Lipinski definition) is 3. The van der Waals surface area contributed by atoms with E-state index in [1.165, 1.54) is 0 Å². The molecular weight excluding hydrogens is 80.0 g/mol. The molecule has 3 nitrogen and oxygen atoms in total. The molecule has 0 saturated carbocycles. The molecule has 3 heteroatoms. The fourth-order valence-electron chi connectivity index (χ4n) is 0.125. The van der Waals surface area contributed by atoms with Gasteiger partial charge in [-0.25, -0.2) is 0 Å². The van der Waals surface area contributed by atoms with E-state index in [9.17, 15) is 0 Å². The summed E-state index contributed by atoms with van der Waals surface area (Å²) in [5.41, 5.74) is 0. The number of hydrogen-bond donors (Lipinski definition) is 2. The normalized spacial score (nSPS) is 7.50. The van der Waals surface area contributed by atoms with Gasteiger partial charge in [-0.15, -0.1) is 0 Å². The molecule has 0 fully saturated rings. The second-order valence-corrected chi connectivity index (χ2v) is 0.782. The molecule has 0 spiro atoms. The molecule has 2 N–H and O–H groups in total. The molecule has 0 bridgehead atoms. The van der Waals surface area contributed by atoms with E-state index < -0.39 is 0 Å². The van der Waals surface area contributed by atoms with Crippen LogP contribution in [0.1, 0.15) is 0 Å². The third kappa shape index (κ3) is 3.43. The average Bonchev–Trinajstić information content (AvgIpc) is 1.61. The molecule has 0 amide bonds. The van der Waals surface area contributed by atoms with Gasteiger partial charge in [-0.1, -0.05) is 0 Å². The van der Waals surface area contributed by atoms with Gasteiger partial charge in [0.2, 0.25) is 0 Å². The average molecular weight is 88.1 g/mol. The molecule has 0 aromatic heterocycles. The first kappa shape index (κ1) is 5.43. The molecule has 0 rings (SSSR count). The van der Waals surface area contributed by atoms with Crippen LogP contribution in [-0.4, -0.2) is 20.2 Å². The van der Waals surface area contributed by atoms with Crippen molar-refractivity contribution in [2.45, 2.75) is 0 Å². The maximum atomic E-state index is 6.32. The molecule has 0 aromatic carbocycles. The largest absolute Gasteiger partial charge is 0.469 e. The van der Waals surface area contributed by atoms with Crippen molar-refractivity contribution in [3.05, 3.63) is 0 Å². The van der Waals surface area contributed by atoms with Crippen LogP contribution in [-0.2, 0) is 4.74 Å². The maximum Gasteiger partial charge on any atom is 0.168 e. The summed E-state index contributed by atoms with van der Waals surface area (Å²) < 4.78 is 4.41. The number of rotatable bonds is 3. The van der Waals surface area contributed by atoms with Gasteiger partial charge >= 0.3 is 0 Å². The van der Waals surface area contributed by atoms with Crippen LogP contribution < -0.4 is 5.32 Å². The lowest BCUT2D eigenvalue weighted by Crippen LogP contribution is -2.09. The minimum absolute atomic E-state index is 0.420. The Balaban J connectivity index is 2.49. The van der Waals surface area contributed by atoms with E-state index in [4.69, 9.17) is 5.41 Å². The summed E-state index contributed by atoms with van der Waals surface area (Å²) in [6, 6.07) is 0. The Morgan fingerprint density at radius 1 is 2.00 bits per heavy atom. The summed E-state index contributed by atoms with van der Waals surface area (Å²) in [6.07, 6.45) is 0.899. The second kappa shape index (κ2) is 4.43. The SMILES string of the molecule is CNCOC=N. The van der Waals surface area contributed by atoms with Crippen LogP contribution in [0, 0.1) is 5.41 Å². The first-order valence-corrected chi connectivity index (χ1v) is 1.67. The zero-order chi connectivity index (χ0) is 4.83. The molecular formula is C3H8N2O. The van der Waals surface area contributed by atoms with Gasteiger partial charge in [-0.2, -0.15) is 0 Å². The van der Waals surface area contributed by atoms with Crippen LogP contribution in [0.15, 0.2) is 0 Å². The minimum Gasteiger partial charge on any atom is -0.469 e. The maximum absolute atomic E-state index is 6.32. The van der Waals surface area contributed by atoms with Crippen LogP contribution >= 0.6 is 0 Å². The van der Waals surface area contributed by atoms with Crippen LogP contribution in [0.4, 0.5) is 0 Å². The third-order valence-electron chi connectivity index (χ3n) is 0.311. The van der Waals surface area contributed by atoms with Crippen molar-refractivity contribution in [2.75, 3.05) is 13.8 Å². The highest BCUT2D eigenvalue weighted by atomic mass is 16.5. The summed E-state index contributed by atoms with van der Waals surface area (Å²) >= 11 is 0. The third-order valence-corrected chi connectivity index (χ3v) is 0.311. The molecule has 0 aliphatic heterocycles. The van der Waals surface area contributed by atoms with Crippen LogP contribution in [0.25, 0.3) is 0 Å². The first-order chi connectivity index (χ1) is 2.91. The summed E-state index contributed by atoms with van der Waals surface area (Å²) in [6.45, 7) is 0.420. The van der Waals surface area contributed by atoms with Crippen molar-refractivity contribution in [3.8, 4) is 0 Å². The second-order valence-electron chi connectivity index (χ2n) is 0.782. The minimum atomic E-state index is 0.420.